The van der Waals surface area contributed by atoms with Crippen LogP contribution in [0, 0.1) is 5.92 Å². The van der Waals surface area contributed by atoms with E-state index >= 15 is 0 Å². The van der Waals surface area contributed by atoms with Crippen LogP contribution in [0.15, 0.2) is 30.3 Å². The van der Waals surface area contributed by atoms with Crippen molar-refractivity contribution in [1.82, 2.24) is 0 Å². The predicted octanol–water partition coefficient (Wildman–Crippen LogP) is 4.81. The van der Waals surface area contributed by atoms with Crippen LogP contribution in [-0.4, -0.2) is 26.6 Å². The van der Waals surface area contributed by atoms with Crippen molar-refractivity contribution >= 4 is 8.32 Å². The van der Waals surface area contributed by atoms with Crippen LogP contribution in [0.4, 0.5) is 0 Å². The van der Waals surface area contributed by atoms with E-state index in [1.165, 1.54) is 5.56 Å². The van der Waals surface area contributed by atoms with Gasteiger partial charge in [0.1, 0.15) is 0 Å². The van der Waals surface area contributed by atoms with E-state index in [-0.39, 0.29) is 11.6 Å². The lowest BCUT2D eigenvalue weighted by Gasteiger charge is -2.38. The molecule has 0 heterocycles. The van der Waals surface area contributed by atoms with Gasteiger partial charge < -0.3 is 9.53 Å². The van der Waals surface area contributed by atoms with E-state index in [1.807, 2.05) is 6.07 Å². The fourth-order valence-electron chi connectivity index (χ4n) is 2.29. The molecule has 1 N–H and O–H groups in total. The topological polar surface area (TPSA) is 29.5 Å². The maximum Gasteiger partial charge on any atom is 0.191 e. The molecule has 1 aromatic rings. The van der Waals surface area contributed by atoms with E-state index in [9.17, 15) is 5.11 Å². The summed E-state index contributed by atoms with van der Waals surface area (Å²) < 4.78 is 6.36. The number of rotatable bonds is 7. The zero-order chi connectivity index (χ0) is 16.1. The molecular weight excluding hydrogens is 276 g/mol. The smallest absolute Gasteiger partial charge is 0.191 e. The molecule has 0 saturated carbocycles. The summed E-state index contributed by atoms with van der Waals surface area (Å²) in [5.74, 6) is 0.773. The summed E-state index contributed by atoms with van der Waals surface area (Å²) in [6, 6.07) is 10.5. The van der Waals surface area contributed by atoms with Gasteiger partial charge in [-0.05, 0) is 42.0 Å². The molecule has 0 aromatic heterocycles. The number of aliphatic hydroxyl groups is 1. The average Bonchev–Trinajstić information content (AvgIpc) is 2.42. The second-order valence-corrected chi connectivity index (χ2v) is 12.4. The van der Waals surface area contributed by atoms with Gasteiger partial charge in [-0.2, -0.15) is 0 Å². The zero-order valence-electron chi connectivity index (χ0n) is 14.5. The molecule has 0 fully saturated rings. The van der Waals surface area contributed by atoms with E-state index in [4.69, 9.17) is 4.43 Å². The lowest BCUT2D eigenvalue weighted by Crippen LogP contribution is -2.42. The van der Waals surface area contributed by atoms with E-state index in [2.05, 4.69) is 65.1 Å². The van der Waals surface area contributed by atoms with Gasteiger partial charge in [-0.15, -0.1) is 0 Å². The fraction of sp³-hybridized carbons (Fsp3) is 0.667. The molecule has 0 bridgehead atoms. The largest absolute Gasteiger partial charge is 0.417 e. The Kier molecular flexibility index (Phi) is 6.63. The standard InChI is InChI=1S/C18H32O2Si/c1-15(14-20-21(5,6)18(2,3)4)17(12-13-19)16-10-8-7-9-11-16/h7-11,15,17,19H,12-14H2,1-6H3/t15-,17+/m0/s1. The number of benzene rings is 1. The molecule has 3 heteroatoms. The molecule has 120 valence electrons. The molecule has 0 radical (unpaired) electrons. The summed E-state index contributed by atoms with van der Waals surface area (Å²) in [6.45, 7) is 14.6. The van der Waals surface area contributed by atoms with Crippen LogP contribution in [-0.2, 0) is 4.43 Å². The summed E-state index contributed by atoms with van der Waals surface area (Å²) in [7, 11) is -1.70. The van der Waals surface area contributed by atoms with Crippen LogP contribution in [0.5, 0.6) is 0 Å². The minimum atomic E-state index is -1.70. The van der Waals surface area contributed by atoms with E-state index in [0.29, 0.717) is 11.8 Å². The highest BCUT2D eigenvalue weighted by molar-refractivity contribution is 6.74. The molecule has 0 aliphatic carbocycles. The van der Waals surface area contributed by atoms with Gasteiger partial charge in [-0.1, -0.05) is 58.0 Å². The Morgan fingerprint density at radius 3 is 2.19 bits per heavy atom. The Morgan fingerprint density at radius 1 is 1.14 bits per heavy atom. The van der Waals surface area contributed by atoms with Crippen LogP contribution in [0.2, 0.25) is 18.1 Å². The molecule has 0 aliphatic rings. The molecule has 2 nitrogen and oxygen atoms in total. The fourth-order valence-corrected chi connectivity index (χ4v) is 3.40. The Morgan fingerprint density at radius 2 is 1.71 bits per heavy atom. The summed E-state index contributed by atoms with van der Waals surface area (Å²) in [5.41, 5.74) is 1.30. The van der Waals surface area contributed by atoms with Crippen molar-refractivity contribution < 1.29 is 9.53 Å². The summed E-state index contributed by atoms with van der Waals surface area (Å²) in [6.07, 6.45) is 0.798. The zero-order valence-corrected chi connectivity index (χ0v) is 15.5. The van der Waals surface area contributed by atoms with Crippen molar-refractivity contribution in [2.75, 3.05) is 13.2 Å². The van der Waals surface area contributed by atoms with Crippen molar-refractivity contribution in [3.63, 3.8) is 0 Å². The highest BCUT2D eigenvalue weighted by Crippen LogP contribution is 2.38. The number of aliphatic hydroxyl groups excluding tert-OH is 1. The molecule has 0 spiro atoms. The van der Waals surface area contributed by atoms with E-state index in [1.54, 1.807) is 0 Å². The normalized spacial score (nSPS) is 15.8. The third-order valence-electron chi connectivity index (χ3n) is 4.87. The van der Waals surface area contributed by atoms with Crippen LogP contribution in [0.25, 0.3) is 0 Å². The Labute approximate surface area is 131 Å². The van der Waals surface area contributed by atoms with Crippen molar-refractivity contribution in [1.29, 1.82) is 0 Å². The van der Waals surface area contributed by atoms with Crippen molar-refractivity contribution in [2.24, 2.45) is 5.92 Å². The third kappa shape index (κ3) is 5.24. The molecule has 0 amide bonds. The van der Waals surface area contributed by atoms with Crippen LogP contribution >= 0.6 is 0 Å². The van der Waals surface area contributed by atoms with Crippen molar-refractivity contribution in [2.45, 2.75) is 58.2 Å². The Balaban J connectivity index is 2.73. The highest BCUT2D eigenvalue weighted by Gasteiger charge is 2.37. The first-order valence-corrected chi connectivity index (χ1v) is 10.9. The van der Waals surface area contributed by atoms with Gasteiger partial charge in [0.2, 0.25) is 0 Å². The lowest BCUT2D eigenvalue weighted by atomic mass is 9.85. The molecule has 21 heavy (non-hydrogen) atoms. The number of hydrogen-bond acceptors (Lipinski definition) is 2. The summed E-state index contributed by atoms with van der Waals surface area (Å²) in [4.78, 5) is 0. The minimum absolute atomic E-state index is 0.226. The molecule has 1 aromatic carbocycles. The van der Waals surface area contributed by atoms with E-state index in [0.717, 1.165) is 13.0 Å². The van der Waals surface area contributed by atoms with Gasteiger partial charge in [-0.25, -0.2) is 0 Å². The number of hydrogen-bond donors (Lipinski definition) is 1. The van der Waals surface area contributed by atoms with Crippen LogP contribution < -0.4 is 0 Å². The maximum atomic E-state index is 9.37. The molecule has 2 atom stereocenters. The Hall–Kier alpha value is -0.643. The van der Waals surface area contributed by atoms with Gasteiger partial charge in [0.25, 0.3) is 0 Å². The molecular formula is C18H32O2Si. The SMILES string of the molecule is C[C@@H](CO[Si](C)(C)C(C)(C)C)[C@@H](CCO)c1ccccc1. The van der Waals surface area contributed by atoms with Crippen LogP contribution in [0.1, 0.15) is 45.6 Å². The molecule has 0 saturated heterocycles. The maximum absolute atomic E-state index is 9.37. The molecule has 0 unspecified atom stereocenters. The first-order valence-electron chi connectivity index (χ1n) is 7.99. The summed E-state index contributed by atoms with van der Waals surface area (Å²) >= 11 is 0. The van der Waals surface area contributed by atoms with Crippen LogP contribution in [0.3, 0.4) is 0 Å². The van der Waals surface area contributed by atoms with Gasteiger partial charge in [-0.3, -0.25) is 0 Å². The van der Waals surface area contributed by atoms with Crippen molar-refractivity contribution in [3.8, 4) is 0 Å². The monoisotopic (exact) mass is 308 g/mol. The first kappa shape index (κ1) is 18.4. The van der Waals surface area contributed by atoms with Crippen molar-refractivity contribution in [3.05, 3.63) is 35.9 Å². The average molecular weight is 309 g/mol. The van der Waals surface area contributed by atoms with E-state index < -0.39 is 8.32 Å². The second kappa shape index (κ2) is 7.57. The minimum Gasteiger partial charge on any atom is -0.417 e. The van der Waals surface area contributed by atoms with Gasteiger partial charge in [0.15, 0.2) is 8.32 Å². The summed E-state index contributed by atoms with van der Waals surface area (Å²) in [5, 5.41) is 9.61. The first-order chi connectivity index (χ1) is 9.69. The predicted molar refractivity (Wildman–Crippen MR) is 93.2 cm³/mol. The van der Waals surface area contributed by atoms with Gasteiger partial charge in [0.05, 0.1) is 0 Å². The molecule has 1 rings (SSSR count). The highest BCUT2D eigenvalue weighted by atomic mass is 28.4. The van der Waals surface area contributed by atoms with Gasteiger partial charge >= 0.3 is 0 Å². The van der Waals surface area contributed by atoms with Gasteiger partial charge in [0, 0.05) is 13.2 Å². The third-order valence-corrected chi connectivity index (χ3v) is 9.37. The Bertz CT molecular complexity index is 409. The quantitative estimate of drug-likeness (QED) is 0.732. The molecule has 0 aliphatic heterocycles. The lowest BCUT2D eigenvalue weighted by molar-refractivity contribution is 0.195. The second-order valence-electron chi connectivity index (χ2n) is 7.58.